The molecule has 3 heterocycles. The van der Waals surface area contributed by atoms with E-state index in [9.17, 15) is 9.59 Å². The molecule has 1 aromatic heterocycles. The molecule has 4 rings (SSSR count). The van der Waals surface area contributed by atoms with E-state index in [4.69, 9.17) is 18.6 Å². The van der Waals surface area contributed by atoms with Crippen LogP contribution in [0.3, 0.4) is 0 Å². The summed E-state index contributed by atoms with van der Waals surface area (Å²) in [5, 5.41) is 4.42. The van der Waals surface area contributed by atoms with Crippen molar-refractivity contribution < 1.29 is 23.4 Å². The normalized spacial score (nSPS) is 10.8. The van der Waals surface area contributed by atoms with Gasteiger partial charge in [-0.25, -0.2) is 4.79 Å². The molecule has 2 aliphatic heterocycles. The van der Waals surface area contributed by atoms with Crippen molar-refractivity contribution in [2.24, 2.45) is 0 Å². The molecule has 150 valence electrons. The number of aromatic nitrogens is 1. The molecule has 1 amide bonds. The van der Waals surface area contributed by atoms with Crippen molar-refractivity contribution in [3.8, 4) is 27.8 Å². The topological polar surface area (TPSA) is 91.9 Å². The minimum atomic E-state index is -0.738. The van der Waals surface area contributed by atoms with Gasteiger partial charge in [0.05, 0.1) is 36.7 Å². The smallest absolute Gasteiger partial charge is 0.412 e. The summed E-state index contributed by atoms with van der Waals surface area (Å²) in [5.41, 5.74) is 1.01. The van der Waals surface area contributed by atoms with Gasteiger partial charge in [0.2, 0.25) is 0 Å². The molecule has 0 spiro atoms. The second kappa shape index (κ2) is 8.02. The molecule has 8 nitrogen and oxygen atoms in total. The number of rotatable bonds is 6. The Morgan fingerprint density at radius 3 is 2.83 bits per heavy atom. The molecule has 0 atom stereocenters. The van der Waals surface area contributed by atoms with Gasteiger partial charge in [0.25, 0.3) is 5.56 Å². The molecular weight excluding hydrogens is 416 g/mol. The van der Waals surface area contributed by atoms with Crippen LogP contribution in [0, 0.1) is 0 Å². The highest BCUT2D eigenvalue weighted by atomic mass is 32.9. The Hall–Kier alpha value is -3.24. The number of nitrogens with one attached hydrogen (secondary N) is 1. The van der Waals surface area contributed by atoms with Gasteiger partial charge in [-0.3, -0.25) is 14.7 Å². The van der Waals surface area contributed by atoms with E-state index in [0.717, 1.165) is 0 Å². The quantitative estimate of drug-likeness (QED) is 0.454. The first-order chi connectivity index (χ1) is 14.1. The van der Waals surface area contributed by atoms with Crippen molar-refractivity contribution in [2.45, 2.75) is 6.61 Å². The van der Waals surface area contributed by atoms with Crippen molar-refractivity contribution >= 4 is 32.5 Å². The van der Waals surface area contributed by atoms with Crippen LogP contribution >= 0.6 is 20.7 Å². The fourth-order valence-electron chi connectivity index (χ4n) is 2.84. The van der Waals surface area contributed by atoms with E-state index < -0.39 is 6.09 Å². The number of nitrogens with zero attached hydrogens (tertiary/aromatic N) is 1. The number of hydrogen-bond acceptors (Lipinski definition) is 8. The molecule has 0 unspecified atom stereocenters. The van der Waals surface area contributed by atoms with Gasteiger partial charge in [-0.1, -0.05) is 20.7 Å². The predicted octanol–water partition coefficient (Wildman–Crippen LogP) is 4.42. The summed E-state index contributed by atoms with van der Waals surface area (Å²) in [6, 6.07) is 8.56. The standard InChI is InChI=1S/C19H16N2O6S2/c1-24-11-5-6-13(15(8-11)25-2)21-14-10-28-29-17(14)16(18(21)22)20-19(23)27-9-12-4-3-7-26-12/h3-8,10H,9H2,1-2H3,(H,20,23). The Bertz CT molecular complexity index is 1160. The number of furan rings is 1. The number of ether oxygens (including phenoxy) is 3. The zero-order chi connectivity index (χ0) is 20.4. The Kier molecular flexibility index (Phi) is 5.28. The van der Waals surface area contributed by atoms with Gasteiger partial charge in [0, 0.05) is 11.4 Å². The molecule has 2 aromatic rings. The molecule has 0 saturated carbocycles. The van der Waals surface area contributed by atoms with Gasteiger partial charge >= 0.3 is 6.09 Å². The van der Waals surface area contributed by atoms with Crippen LogP contribution in [0.5, 0.6) is 11.5 Å². The van der Waals surface area contributed by atoms with Crippen LogP contribution in [-0.2, 0) is 11.3 Å². The van der Waals surface area contributed by atoms with Gasteiger partial charge in [-0.15, -0.1) is 0 Å². The first-order valence-corrected chi connectivity index (χ1v) is 10.6. The zero-order valence-electron chi connectivity index (χ0n) is 15.5. The Labute approximate surface area is 172 Å². The highest BCUT2D eigenvalue weighted by molar-refractivity contribution is 7.70. The van der Waals surface area contributed by atoms with Crippen LogP contribution in [0.2, 0.25) is 0 Å². The largest absolute Gasteiger partial charge is 0.497 e. The van der Waals surface area contributed by atoms with Crippen molar-refractivity contribution in [3.63, 3.8) is 0 Å². The number of amides is 1. The molecule has 10 heteroatoms. The lowest BCUT2D eigenvalue weighted by atomic mass is 10.2. The Balaban J connectivity index is 1.67. The minimum Gasteiger partial charge on any atom is -0.497 e. The number of anilines is 1. The average molecular weight is 432 g/mol. The van der Waals surface area contributed by atoms with Crippen molar-refractivity contribution in [2.75, 3.05) is 19.5 Å². The summed E-state index contributed by atoms with van der Waals surface area (Å²) >= 11 is 0. The van der Waals surface area contributed by atoms with E-state index in [0.29, 0.717) is 33.5 Å². The van der Waals surface area contributed by atoms with E-state index in [1.54, 1.807) is 37.4 Å². The second-order valence-electron chi connectivity index (χ2n) is 5.85. The third-order valence-electron chi connectivity index (χ3n) is 4.19. The van der Waals surface area contributed by atoms with Crippen molar-refractivity contribution in [1.82, 2.24) is 4.57 Å². The lowest BCUT2D eigenvalue weighted by Gasteiger charge is -2.11. The van der Waals surface area contributed by atoms with Crippen molar-refractivity contribution in [1.29, 1.82) is 0 Å². The van der Waals surface area contributed by atoms with Gasteiger partial charge in [-0.05, 0) is 24.3 Å². The molecule has 1 aromatic carbocycles. The monoisotopic (exact) mass is 432 g/mol. The summed E-state index contributed by atoms with van der Waals surface area (Å²) in [4.78, 5) is 26.0. The number of fused-ring (bicyclic) bond motifs is 1. The van der Waals surface area contributed by atoms with E-state index in [-0.39, 0.29) is 17.9 Å². The fourth-order valence-corrected chi connectivity index (χ4v) is 5.05. The molecule has 0 fully saturated rings. The maximum absolute atomic E-state index is 13.1. The Morgan fingerprint density at radius 1 is 1.24 bits per heavy atom. The van der Waals surface area contributed by atoms with E-state index in [2.05, 4.69) is 5.32 Å². The van der Waals surface area contributed by atoms with Gasteiger partial charge in [0.15, 0.2) is 6.61 Å². The SMILES string of the molecule is COc1ccc(-n2c3cssc-3c(NC(=O)OCc3ccco3)c2=O)c(OC)c1. The van der Waals surface area contributed by atoms with Crippen LogP contribution in [0.4, 0.5) is 10.5 Å². The lowest BCUT2D eigenvalue weighted by Crippen LogP contribution is -2.21. The summed E-state index contributed by atoms with van der Waals surface area (Å²) in [6.45, 7) is -0.0315. The van der Waals surface area contributed by atoms with Crippen LogP contribution in [0.15, 0.2) is 51.2 Å². The first kappa shape index (κ1) is 19.1. The van der Waals surface area contributed by atoms with Crippen molar-refractivity contribution in [3.05, 3.63) is 58.1 Å². The fraction of sp³-hybridized carbons (Fsp3) is 0.158. The maximum Gasteiger partial charge on any atom is 0.412 e. The molecule has 0 bridgehead atoms. The number of carbonyl (C=O) groups is 1. The molecule has 2 aliphatic rings. The van der Waals surface area contributed by atoms with Gasteiger partial charge in [0.1, 0.15) is 22.9 Å². The number of benzene rings is 1. The number of methoxy groups -OCH3 is 2. The van der Waals surface area contributed by atoms with E-state index in [1.807, 2.05) is 5.38 Å². The van der Waals surface area contributed by atoms with Crippen LogP contribution in [0.25, 0.3) is 16.3 Å². The van der Waals surface area contributed by atoms with E-state index in [1.165, 1.54) is 38.6 Å². The predicted molar refractivity (Wildman–Crippen MR) is 110 cm³/mol. The molecule has 1 N–H and O–H groups in total. The summed E-state index contributed by atoms with van der Waals surface area (Å²) in [6.07, 6.45) is 0.753. The molecule has 0 saturated heterocycles. The van der Waals surface area contributed by atoms with Gasteiger partial charge < -0.3 is 18.6 Å². The minimum absolute atomic E-state index is 0.0315. The molecule has 29 heavy (non-hydrogen) atoms. The van der Waals surface area contributed by atoms with E-state index >= 15 is 0 Å². The highest BCUT2D eigenvalue weighted by Gasteiger charge is 2.27. The third-order valence-corrected chi connectivity index (χ3v) is 6.26. The Morgan fingerprint density at radius 2 is 2.10 bits per heavy atom. The number of hydrogen-bond donors (Lipinski definition) is 1. The zero-order valence-corrected chi connectivity index (χ0v) is 17.1. The summed E-state index contributed by atoms with van der Waals surface area (Å²) in [7, 11) is 5.92. The van der Waals surface area contributed by atoms with Crippen LogP contribution < -0.4 is 20.3 Å². The third kappa shape index (κ3) is 3.59. The van der Waals surface area contributed by atoms with Crippen LogP contribution in [-0.4, -0.2) is 24.9 Å². The summed E-state index contributed by atoms with van der Waals surface area (Å²) in [5.74, 6) is 1.59. The second-order valence-corrected chi connectivity index (χ2v) is 7.93. The number of carbonyl (C=O) groups excluding carboxylic acids is 1. The average Bonchev–Trinajstić information content (AvgIpc) is 3.46. The van der Waals surface area contributed by atoms with Gasteiger partial charge in [-0.2, -0.15) is 0 Å². The molecule has 0 aliphatic carbocycles. The molecule has 0 radical (unpaired) electrons. The van der Waals surface area contributed by atoms with Crippen LogP contribution in [0.1, 0.15) is 5.76 Å². The lowest BCUT2D eigenvalue weighted by molar-refractivity contribution is 0.146. The first-order valence-electron chi connectivity index (χ1n) is 8.43. The summed E-state index contributed by atoms with van der Waals surface area (Å²) < 4.78 is 22.4. The maximum atomic E-state index is 13.1. The highest BCUT2D eigenvalue weighted by Crippen LogP contribution is 2.40. The molecular formula is C19H16N2O6S2.